The number of thioether (sulfide) groups is 1. The van der Waals surface area contributed by atoms with Crippen LogP contribution in [0.1, 0.15) is 45.1 Å². The second-order valence-corrected chi connectivity index (χ2v) is 7.38. The van der Waals surface area contributed by atoms with E-state index in [1.807, 2.05) is 0 Å². The molecule has 0 aromatic heterocycles. The zero-order valence-corrected chi connectivity index (χ0v) is 13.1. The van der Waals surface area contributed by atoms with Crippen molar-refractivity contribution in [2.24, 2.45) is 0 Å². The van der Waals surface area contributed by atoms with Gasteiger partial charge in [0.25, 0.3) is 0 Å². The molecule has 2 heteroatoms. The van der Waals surface area contributed by atoms with E-state index < -0.39 is 0 Å². The molecular formula is C17H27NS. The van der Waals surface area contributed by atoms with Gasteiger partial charge in [0.1, 0.15) is 0 Å². The predicted molar refractivity (Wildman–Crippen MR) is 86.9 cm³/mol. The minimum absolute atomic E-state index is 0.465. The van der Waals surface area contributed by atoms with Crippen LogP contribution in [-0.4, -0.2) is 23.1 Å². The molecule has 2 rings (SSSR count). The highest BCUT2D eigenvalue weighted by Crippen LogP contribution is 2.41. The molecule has 1 nitrogen and oxygen atoms in total. The predicted octanol–water partition coefficient (Wildman–Crippen LogP) is 4.27. The maximum absolute atomic E-state index is 3.73. The van der Waals surface area contributed by atoms with Crippen LogP contribution in [0.2, 0.25) is 0 Å². The average molecular weight is 277 g/mol. The van der Waals surface area contributed by atoms with Crippen molar-refractivity contribution < 1.29 is 0 Å². The molecule has 0 spiro atoms. The van der Waals surface area contributed by atoms with E-state index in [0.29, 0.717) is 10.8 Å². The smallest absolute Gasteiger partial charge is 0.0285 e. The summed E-state index contributed by atoms with van der Waals surface area (Å²) in [7, 11) is 0. The van der Waals surface area contributed by atoms with Crippen LogP contribution in [-0.2, 0) is 6.42 Å². The van der Waals surface area contributed by atoms with Gasteiger partial charge in [-0.2, -0.15) is 11.8 Å². The number of aryl methyl sites for hydroxylation is 1. The Labute approximate surface area is 122 Å². The lowest BCUT2D eigenvalue weighted by Gasteiger charge is -2.34. The molecule has 0 aliphatic carbocycles. The number of benzene rings is 1. The second-order valence-electron chi connectivity index (χ2n) is 5.75. The van der Waals surface area contributed by atoms with Gasteiger partial charge in [-0.1, -0.05) is 37.3 Å². The third-order valence-electron chi connectivity index (χ3n) is 4.24. The number of hydrogen-bond donors (Lipinski definition) is 1. The lowest BCUT2D eigenvalue weighted by Crippen LogP contribution is -2.45. The minimum atomic E-state index is 0.465. The Kier molecular flexibility index (Phi) is 5.77. The highest BCUT2D eigenvalue weighted by molar-refractivity contribution is 8.00. The van der Waals surface area contributed by atoms with E-state index in [1.165, 1.54) is 43.4 Å². The Balaban J connectivity index is 1.83. The van der Waals surface area contributed by atoms with E-state index in [4.69, 9.17) is 0 Å². The molecule has 1 heterocycles. The molecular weight excluding hydrogens is 250 g/mol. The fourth-order valence-corrected chi connectivity index (χ4v) is 4.55. The average Bonchev–Trinajstić information content (AvgIpc) is 2.87. The lowest BCUT2D eigenvalue weighted by atomic mass is 9.91. The summed E-state index contributed by atoms with van der Waals surface area (Å²) >= 11 is 2.18. The van der Waals surface area contributed by atoms with Crippen molar-refractivity contribution in [2.45, 2.75) is 56.7 Å². The number of nitrogens with one attached hydrogen (secondary N) is 1. The monoisotopic (exact) mass is 277 g/mol. The molecule has 0 radical (unpaired) electrons. The van der Waals surface area contributed by atoms with Gasteiger partial charge in [-0.25, -0.2) is 0 Å². The van der Waals surface area contributed by atoms with E-state index >= 15 is 0 Å². The number of rotatable bonds is 7. The molecule has 2 atom stereocenters. The first-order valence-corrected chi connectivity index (χ1v) is 8.64. The van der Waals surface area contributed by atoms with E-state index in [0.717, 1.165) is 6.54 Å². The topological polar surface area (TPSA) is 12.0 Å². The molecule has 1 aliphatic rings. The van der Waals surface area contributed by atoms with Crippen molar-refractivity contribution in [1.29, 1.82) is 0 Å². The van der Waals surface area contributed by atoms with Gasteiger partial charge < -0.3 is 5.32 Å². The SMILES string of the molecule is CCNC(CCCc1ccccc1)C1(C)CCCS1. The summed E-state index contributed by atoms with van der Waals surface area (Å²) in [6, 6.07) is 11.5. The molecule has 1 aromatic carbocycles. The van der Waals surface area contributed by atoms with Gasteiger partial charge in [0.05, 0.1) is 0 Å². The molecule has 1 fully saturated rings. The van der Waals surface area contributed by atoms with Crippen molar-refractivity contribution in [1.82, 2.24) is 5.32 Å². The van der Waals surface area contributed by atoms with Crippen molar-refractivity contribution in [3.05, 3.63) is 35.9 Å². The summed E-state index contributed by atoms with van der Waals surface area (Å²) in [5.41, 5.74) is 1.47. The first-order valence-electron chi connectivity index (χ1n) is 7.66. The Morgan fingerprint density at radius 1 is 1.32 bits per heavy atom. The van der Waals surface area contributed by atoms with E-state index in [-0.39, 0.29) is 0 Å². The van der Waals surface area contributed by atoms with Gasteiger partial charge in [0, 0.05) is 10.8 Å². The standard InChI is InChI=1S/C17H27NS/c1-3-18-16(17(2)13-8-14-19-17)12-7-11-15-9-5-4-6-10-15/h4-6,9-10,16,18H,3,7-8,11-14H2,1-2H3. The van der Waals surface area contributed by atoms with E-state index in [1.54, 1.807) is 0 Å². The first kappa shape index (κ1) is 14.9. The van der Waals surface area contributed by atoms with Gasteiger partial charge in [-0.15, -0.1) is 0 Å². The molecule has 1 saturated heterocycles. The third kappa shape index (κ3) is 4.25. The Hall–Kier alpha value is -0.470. The van der Waals surface area contributed by atoms with Crippen molar-refractivity contribution in [2.75, 3.05) is 12.3 Å². The summed E-state index contributed by atoms with van der Waals surface area (Å²) in [4.78, 5) is 0. The van der Waals surface area contributed by atoms with Crippen molar-refractivity contribution >= 4 is 11.8 Å². The maximum Gasteiger partial charge on any atom is 0.0285 e. The van der Waals surface area contributed by atoms with Crippen LogP contribution in [0, 0.1) is 0 Å². The zero-order chi connectivity index (χ0) is 13.6. The first-order chi connectivity index (χ1) is 9.24. The zero-order valence-electron chi connectivity index (χ0n) is 12.3. The van der Waals surface area contributed by atoms with Gasteiger partial charge in [0.2, 0.25) is 0 Å². The summed E-state index contributed by atoms with van der Waals surface area (Å²) in [6.45, 7) is 5.78. The molecule has 1 N–H and O–H groups in total. The molecule has 2 unspecified atom stereocenters. The third-order valence-corrected chi connectivity index (χ3v) is 5.88. The number of hydrogen-bond acceptors (Lipinski definition) is 2. The quantitative estimate of drug-likeness (QED) is 0.798. The minimum Gasteiger partial charge on any atom is -0.313 e. The van der Waals surface area contributed by atoms with Crippen molar-refractivity contribution in [3.8, 4) is 0 Å². The van der Waals surface area contributed by atoms with Crippen LogP contribution in [0.15, 0.2) is 30.3 Å². The summed E-state index contributed by atoms with van der Waals surface area (Å²) in [5.74, 6) is 1.34. The second kappa shape index (κ2) is 7.35. The van der Waals surface area contributed by atoms with Crippen LogP contribution >= 0.6 is 11.8 Å². The van der Waals surface area contributed by atoms with Crippen LogP contribution in [0.3, 0.4) is 0 Å². The molecule has 1 aromatic rings. The van der Waals surface area contributed by atoms with Gasteiger partial charge in [-0.3, -0.25) is 0 Å². The van der Waals surface area contributed by atoms with Gasteiger partial charge >= 0.3 is 0 Å². The van der Waals surface area contributed by atoms with Crippen LogP contribution in [0.5, 0.6) is 0 Å². The van der Waals surface area contributed by atoms with E-state index in [2.05, 4.69) is 61.3 Å². The lowest BCUT2D eigenvalue weighted by molar-refractivity contribution is 0.380. The molecule has 0 amide bonds. The van der Waals surface area contributed by atoms with Crippen LogP contribution in [0.25, 0.3) is 0 Å². The highest BCUT2D eigenvalue weighted by atomic mass is 32.2. The molecule has 1 aliphatic heterocycles. The molecule has 106 valence electrons. The fraction of sp³-hybridized carbons (Fsp3) is 0.647. The van der Waals surface area contributed by atoms with Gasteiger partial charge in [-0.05, 0) is 56.9 Å². The van der Waals surface area contributed by atoms with Gasteiger partial charge in [0.15, 0.2) is 0 Å². The normalized spacial score (nSPS) is 24.5. The Bertz CT molecular complexity index is 357. The largest absolute Gasteiger partial charge is 0.313 e. The van der Waals surface area contributed by atoms with Crippen LogP contribution < -0.4 is 5.32 Å². The summed E-state index contributed by atoms with van der Waals surface area (Å²) in [6.07, 6.45) is 6.57. The van der Waals surface area contributed by atoms with Crippen LogP contribution in [0.4, 0.5) is 0 Å². The Morgan fingerprint density at radius 3 is 2.74 bits per heavy atom. The van der Waals surface area contributed by atoms with Crippen molar-refractivity contribution in [3.63, 3.8) is 0 Å². The highest BCUT2D eigenvalue weighted by Gasteiger charge is 2.36. The molecule has 0 bridgehead atoms. The van der Waals surface area contributed by atoms with E-state index in [9.17, 15) is 0 Å². The molecule has 19 heavy (non-hydrogen) atoms. The molecule has 0 saturated carbocycles. The maximum atomic E-state index is 3.73. The summed E-state index contributed by atoms with van der Waals surface area (Å²) < 4.78 is 0.465. The summed E-state index contributed by atoms with van der Waals surface area (Å²) in [5, 5.41) is 3.73. The fourth-order valence-electron chi connectivity index (χ4n) is 3.10. The Morgan fingerprint density at radius 2 is 2.11 bits per heavy atom.